The van der Waals surface area contributed by atoms with Crippen LogP contribution >= 0.6 is 0 Å². The molecule has 0 amide bonds. The number of carbonyl (C=O) groups excluding carboxylic acids is 1. The minimum absolute atomic E-state index is 0.0156. The highest BCUT2D eigenvalue weighted by molar-refractivity contribution is 5.92. The van der Waals surface area contributed by atoms with Gasteiger partial charge in [-0.25, -0.2) is 4.98 Å². The van der Waals surface area contributed by atoms with Crippen LogP contribution in [0.4, 0.5) is 0 Å². The molecule has 1 rings (SSSR count). The van der Waals surface area contributed by atoms with Gasteiger partial charge in [-0.05, 0) is 24.6 Å². The van der Waals surface area contributed by atoms with Crippen molar-refractivity contribution in [2.45, 2.75) is 13.8 Å². The lowest BCUT2D eigenvalue weighted by Gasteiger charge is -1.99. The molecule has 62 valence electrons. The minimum atomic E-state index is -0.0156. The first-order valence-electron chi connectivity index (χ1n) is 3.75. The molecule has 0 atom stereocenters. The highest BCUT2D eigenvalue weighted by atomic mass is 16.1. The number of Topliss-reactive ketones (excluding diaryl/α,β-unsaturated/α-hetero) is 1. The zero-order chi connectivity index (χ0) is 9.14. The van der Waals surface area contributed by atoms with E-state index >= 15 is 0 Å². The fourth-order valence-electron chi connectivity index (χ4n) is 0.868. The molecule has 0 aliphatic rings. The Hall–Kier alpha value is -1.44. The fourth-order valence-corrected chi connectivity index (χ4v) is 0.868. The highest BCUT2D eigenvalue weighted by Gasteiger charge is 2.01. The number of nitrogens with zero attached hydrogens (tertiary/aromatic N) is 1. The molecule has 0 aliphatic carbocycles. The van der Waals surface area contributed by atoms with Gasteiger partial charge in [0, 0.05) is 6.92 Å². The van der Waals surface area contributed by atoms with Crippen LogP contribution in [-0.4, -0.2) is 10.8 Å². The summed E-state index contributed by atoms with van der Waals surface area (Å²) in [5, 5.41) is 0. The van der Waals surface area contributed by atoms with Crippen LogP contribution in [0.1, 0.15) is 30.0 Å². The van der Waals surface area contributed by atoms with Gasteiger partial charge in [-0.2, -0.15) is 0 Å². The highest BCUT2D eigenvalue weighted by Crippen LogP contribution is 2.08. The lowest BCUT2D eigenvalue weighted by molar-refractivity contribution is 0.101. The third-order valence-corrected chi connectivity index (χ3v) is 1.55. The summed E-state index contributed by atoms with van der Waals surface area (Å²) in [5.74, 6) is -0.0156. The molecule has 0 bridgehead atoms. The van der Waals surface area contributed by atoms with E-state index in [-0.39, 0.29) is 5.78 Å². The van der Waals surface area contributed by atoms with Gasteiger partial charge < -0.3 is 0 Å². The fraction of sp³-hybridized carbons (Fsp3) is 0.200. The van der Waals surface area contributed by atoms with Crippen LogP contribution in [0.15, 0.2) is 24.8 Å². The van der Waals surface area contributed by atoms with Crippen LogP contribution < -0.4 is 0 Å². The molecule has 0 aromatic carbocycles. The molecular weight excluding hydrogens is 150 g/mol. The Morgan fingerprint density at radius 1 is 1.33 bits per heavy atom. The molecular formula is C10H11NO. The Balaban J connectivity index is 3.12. The Bertz CT molecular complexity index is 299. The van der Waals surface area contributed by atoms with Crippen LogP contribution in [-0.2, 0) is 0 Å². The van der Waals surface area contributed by atoms with E-state index in [2.05, 4.69) is 11.6 Å². The van der Waals surface area contributed by atoms with Crippen molar-refractivity contribution < 1.29 is 4.79 Å². The van der Waals surface area contributed by atoms with Gasteiger partial charge in [0.1, 0.15) is 5.69 Å². The summed E-state index contributed by atoms with van der Waals surface area (Å²) in [5.41, 5.74) is 2.15. The van der Waals surface area contributed by atoms with Crippen LogP contribution in [0.2, 0.25) is 0 Å². The standard InChI is InChI=1S/C10H11NO/c1-7(2)9-5-4-6-10(11-9)8(3)12/h4-6H,1H2,2-3H3. The predicted octanol–water partition coefficient (Wildman–Crippen LogP) is 2.32. The molecule has 0 aliphatic heterocycles. The molecule has 1 aromatic heterocycles. The number of ketones is 1. The third kappa shape index (κ3) is 1.78. The summed E-state index contributed by atoms with van der Waals surface area (Å²) in [6.45, 7) is 7.12. The maximum Gasteiger partial charge on any atom is 0.178 e. The van der Waals surface area contributed by atoms with E-state index in [9.17, 15) is 4.79 Å². The number of rotatable bonds is 2. The number of aromatic nitrogens is 1. The molecule has 0 saturated heterocycles. The number of pyridine rings is 1. The summed E-state index contributed by atoms with van der Waals surface area (Å²) in [6.07, 6.45) is 0. The number of hydrogen-bond donors (Lipinski definition) is 0. The maximum absolute atomic E-state index is 10.9. The van der Waals surface area contributed by atoms with E-state index < -0.39 is 0 Å². The topological polar surface area (TPSA) is 30.0 Å². The number of allylic oxidation sites excluding steroid dienone is 1. The van der Waals surface area contributed by atoms with Gasteiger partial charge in [-0.15, -0.1) is 0 Å². The van der Waals surface area contributed by atoms with Crippen LogP contribution in [0, 0.1) is 0 Å². The Morgan fingerprint density at radius 2 is 1.92 bits per heavy atom. The molecule has 0 spiro atoms. The van der Waals surface area contributed by atoms with Gasteiger partial charge in [-0.1, -0.05) is 12.6 Å². The molecule has 2 nitrogen and oxygen atoms in total. The zero-order valence-electron chi connectivity index (χ0n) is 7.29. The molecule has 2 heteroatoms. The molecule has 12 heavy (non-hydrogen) atoms. The van der Waals surface area contributed by atoms with E-state index in [1.165, 1.54) is 6.92 Å². The second-order valence-electron chi connectivity index (χ2n) is 2.74. The summed E-state index contributed by atoms with van der Waals surface area (Å²) in [4.78, 5) is 15.1. The van der Waals surface area contributed by atoms with Gasteiger partial charge in [0.25, 0.3) is 0 Å². The second-order valence-corrected chi connectivity index (χ2v) is 2.74. The van der Waals surface area contributed by atoms with Crippen LogP contribution in [0.3, 0.4) is 0 Å². The second kappa shape index (κ2) is 3.30. The molecule has 0 N–H and O–H groups in total. The molecule has 0 fully saturated rings. The maximum atomic E-state index is 10.9. The Labute approximate surface area is 71.9 Å². The molecule has 0 saturated carbocycles. The lowest BCUT2D eigenvalue weighted by atomic mass is 10.2. The van der Waals surface area contributed by atoms with Gasteiger partial charge in [0.2, 0.25) is 0 Å². The minimum Gasteiger partial charge on any atom is -0.293 e. The van der Waals surface area contributed by atoms with E-state index in [0.29, 0.717) is 5.69 Å². The van der Waals surface area contributed by atoms with E-state index in [4.69, 9.17) is 0 Å². The first-order valence-corrected chi connectivity index (χ1v) is 3.75. The summed E-state index contributed by atoms with van der Waals surface area (Å²) in [7, 11) is 0. The van der Waals surface area contributed by atoms with Crippen molar-refractivity contribution in [3.8, 4) is 0 Å². The van der Waals surface area contributed by atoms with E-state index in [1.54, 1.807) is 6.07 Å². The van der Waals surface area contributed by atoms with Crippen molar-refractivity contribution in [3.63, 3.8) is 0 Å². The van der Waals surface area contributed by atoms with Crippen molar-refractivity contribution in [1.29, 1.82) is 0 Å². The Morgan fingerprint density at radius 3 is 2.42 bits per heavy atom. The van der Waals surface area contributed by atoms with Crippen LogP contribution in [0.5, 0.6) is 0 Å². The zero-order valence-corrected chi connectivity index (χ0v) is 7.29. The summed E-state index contributed by atoms with van der Waals surface area (Å²) >= 11 is 0. The number of hydrogen-bond acceptors (Lipinski definition) is 2. The molecule has 0 radical (unpaired) electrons. The first kappa shape index (κ1) is 8.65. The van der Waals surface area contributed by atoms with Crippen molar-refractivity contribution in [3.05, 3.63) is 36.2 Å². The average Bonchev–Trinajstić information content (AvgIpc) is 2.04. The van der Waals surface area contributed by atoms with Crippen molar-refractivity contribution in [2.75, 3.05) is 0 Å². The summed E-state index contributed by atoms with van der Waals surface area (Å²) < 4.78 is 0. The monoisotopic (exact) mass is 161 g/mol. The van der Waals surface area contributed by atoms with Gasteiger partial charge in [0.15, 0.2) is 5.78 Å². The largest absolute Gasteiger partial charge is 0.293 e. The van der Waals surface area contributed by atoms with Crippen LogP contribution in [0.25, 0.3) is 5.57 Å². The van der Waals surface area contributed by atoms with Crippen molar-refractivity contribution in [1.82, 2.24) is 4.98 Å². The van der Waals surface area contributed by atoms with Gasteiger partial charge in [-0.3, -0.25) is 4.79 Å². The molecule has 0 unspecified atom stereocenters. The molecule has 1 aromatic rings. The predicted molar refractivity (Wildman–Crippen MR) is 48.9 cm³/mol. The average molecular weight is 161 g/mol. The molecule has 1 heterocycles. The number of carbonyl (C=O) groups is 1. The summed E-state index contributed by atoms with van der Waals surface area (Å²) in [6, 6.07) is 5.36. The third-order valence-electron chi connectivity index (χ3n) is 1.55. The van der Waals surface area contributed by atoms with Crippen molar-refractivity contribution >= 4 is 11.4 Å². The Kier molecular flexibility index (Phi) is 2.38. The smallest absolute Gasteiger partial charge is 0.178 e. The SMILES string of the molecule is C=C(C)c1cccc(C(C)=O)n1. The lowest BCUT2D eigenvalue weighted by Crippen LogP contribution is -1.98. The van der Waals surface area contributed by atoms with Gasteiger partial charge in [0.05, 0.1) is 5.69 Å². The van der Waals surface area contributed by atoms with E-state index in [0.717, 1.165) is 11.3 Å². The quantitative estimate of drug-likeness (QED) is 0.623. The van der Waals surface area contributed by atoms with Crippen molar-refractivity contribution in [2.24, 2.45) is 0 Å². The van der Waals surface area contributed by atoms with E-state index in [1.807, 2.05) is 19.1 Å². The van der Waals surface area contributed by atoms with Gasteiger partial charge >= 0.3 is 0 Å². The normalized spacial score (nSPS) is 9.50. The first-order chi connectivity index (χ1) is 5.61.